The summed E-state index contributed by atoms with van der Waals surface area (Å²) in [5, 5.41) is 13.9. The minimum Gasteiger partial charge on any atom is -0.325 e. The molecule has 1 N–H and O–H groups in total. The van der Waals surface area contributed by atoms with Crippen LogP contribution in [0.2, 0.25) is 0 Å². The monoisotopic (exact) mass is 388 g/mol. The average Bonchev–Trinajstić information content (AvgIpc) is 2.71. The topological polar surface area (TPSA) is 89.3 Å². The number of aryl methyl sites for hydroxylation is 2. The number of anilines is 1. The van der Waals surface area contributed by atoms with Crippen LogP contribution in [0.15, 0.2) is 66.7 Å². The van der Waals surface area contributed by atoms with Crippen molar-refractivity contribution < 1.29 is 14.5 Å². The summed E-state index contributed by atoms with van der Waals surface area (Å²) in [5.74, 6) is -0.694. The lowest BCUT2D eigenvalue weighted by molar-refractivity contribution is -0.384. The maximum atomic E-state index is 12.9. The van der Waals surface area contributed by atoms with Crippen molar-refractivity contribution in [3.63, 3.8) is 0 Å². The Hall–Kier alpha value is -3.80. The number of non-ortho nitro benzene ring substituents is 1. The number of ketones is 1. The zero-order valence-corrected chi connectivity index (χ0v) is 16.1. The minimum atomic E-state index is -0.567. The Morgan fingerprint density at radius 2 is 1.66 bits per heavy atom. The third kappa shape index (κ3) is 4.73. The first-order chi connectivity index (χ1) is 13.8. The van der Waals surface area contributed by atoms with E-state index in [9.17, 15) is 19.7 Å². The van der Waals surface area contributed by atoms with E-state index in [1.54, 1.807) is 30.3 Å². The second-order valence-electron chi connectivity index (χ2n) is 6.83. The zero-order chi connectivity index (χ0) is 21.0. The van der Waals surface area contributed by atoms with Crippen LogP contribution in [0.5, 0.6) is 0 Å². The van der Waals surface area contributed by atoms with Gasteiger partial charge in [-0.3, -0.25) is 19.7 Å². The molecule has 0 aromatic heterocycles. The summed E-state index contributed by atoms with van der Waals surface area (Å²) in [7, 11) is 0. The number of hydrogen-bond acceptors (Lipinski definition) is 4. The highest BCUT2D eigenvalue weighted by Gasteiger charge is 2.19. The van der Waals surface area contributed by atoms with Crippen LogP contribution in [-0.2, 0) is 11.2 Å². The van der Waals surface area contributed by atoms with Crippen LogP contribution in [0.4, 0.5) is 11.4 Å². The van der Waals surface area contributed by atoms with Crippen molar-refractivity contribution in [1.82, 2.24) is 0 Å². The molecule has 0 aliphatic heterocycles. The molecule has 3 aromatic rings. The standard InChI is InChI=1S/C23H20N2O4/c1-15-8-9-17(12-16(15)2)13-22(26)24-21-11-10-19(25(28)29)14-20(21)23(27)18-6-4-3-5-7-18/h3-12,14H,13H2,1-2H3,(H,24,26). The van der Waals surface area contributed by atoms with Gasteiger partial charge < -0.3 is 5.32 Å². The van der Waals surface area contributed by atoms with E-state index in [0.29, 0.717) is 5.56 Å². The largest absolute Gasteiger partial charge is 0.325 e. The summed E-state index contributed by atoms with van der Waals surface area (Å²) < 4.78 is 0. The molecule has 0 aliphatic rings. The van der Waals surface area contributed by atoms with Crippen LogP contribution < -0.4 is 5.32 Å². The second-order valence-corrected chi connectivity index (χ2v) is 6.83. The predicted octanol–water partition coefficient (Wildman–Crippen LogP) is 4.62. The molecule has 146 valence electrons. The van der Waals surface area contributed by atoms with Gasteiger partial charge in [-0.25, -0.2) is 0 Å². The van der Waals surface area contributed by atoms with Crippen LogP contribution in [0, 0.1) is 24.0 Å². The average molecular weight is 388 g/mol. The normalized spacial score (nSPS) is 10.4. The first kappa shape index (κ1) is 19.9. The molecular formula is C23H20N2O4. The van der Waals surface area contributed by atoms with E-state index in [2.05, 4.69) is 5.32 Å². The van der Waals surface area contributed by atoms with E-state index in [1.165, 1.54) is 18.2 Å². The van der Waals surface area contributed by atoms with Crippen LogP contribution in [0.3, 0.4) is 0 Å². The molecule has 0 atom stereocenters. The van der Waals surface area contributed by atoms with Crippen molar-refractivity contribution in [2.45, 2.75) is 20.3 Å². The minimum absolute atomic E-state index is 0.0823. The summed E-state index contributed by atoms with van der Waals surface area (Å²) in [6.45, 7) is 3.97. The number of carbonyl (C=O) groups is 2. The Bertz CT molecular complexity index is 1090. The van der Waals surface area contributed by atoms with Gasteiger partial charge in [-0.2, -0.15) is 0 Å². The Morgan fingerprint density at radius 1 is 0.931 bits per heavy atom. The van der Waals surface area contributed by atoms with E-state index in [0.717, 1.165) is 16.7 Å². The first-order valence-corrected chi connectivity index (χ1v) is 9.09. The molecule has 3 aromatic carbocycles. The molecule has 0 radical (unpaired) electrons. The predicted molar refractivity (Wildman–Crippen MR) is 111 cm³/mol. The Morgan fingerprint density at radius 3 is 2.31 bits per heavy atom. The van der Waals surface area contributed by atoms with E-state index in [-0.39, 0.29) is 29.3 Å². The second kappa shape index (κ2) is 8.48. The Balaban J connectivity index is 1.89. The summed E-state index contributed by atoms with van der Waals surface area (Å²) in [4.78, 5) is 36.0. The van der Waals surface area contributed by atoms with E-state index in [1.807, 2.05) is 32.0 Å². The SMILES string of the molecule is Cc1ccc(CC(=O)Nc2ccc([N+](=O)[O-])cc2C(=O)c2ccccc2)cc1C. The summed E-state index contributed by atoms with van der Waals surface area (Å²) in [6.07, 6.45) is 0.136. The van der Waals surface area contributed by atoms with Gasteiger partial charge in [0.2, 0.25) is 5.91 Å². The van der Waals surface area contributed by atoms with Gasteiger partial charge in [0, 0.05) is 17.7 Å². The third-order valence-corrected chi connectivity index (χ3v) is 4.70. The number of nitrogens with one attached hydrogen (secondary N) is 1. The number of rotatable bonds is 6. The van der Waals surface area contributed by atoms with Crippen molar-refractivity contribution >= 4 is 23.1 Å². The molecule has 1 amide bonds. The number of amides is 1. The lowest BCUT2D eigenvalue weighted by Crippen LogP contribution is -2.17. The van der Waals surface area contributed by atoms with Crippen molar-refractivity contribution in [2.75, 3.05) is 5.32 Å². The number of benzene rings is 3. The molecule has 0 saturated carbocycles. The van der Waals surface area contributed by atoms with E-state index in [4.69, 9.17) is 0 Å². The van der Waals surface area contributed by atoms with Crippen LogP contribution >= 0.6 is 0 Å². The molecule has 0 heterocycles. The van der Waals surface area contributed by atoms with Gasteiger partial charge >= 0.3 is 0 Å². The maximum Gasteiger partial charge on any atom is 0.270 e. The number of carbonyl (C=O) groups excluding carboxylic acids is 2. The fourth-order valence-corrected chi connectivity index (χ4v) is 2.98. The highest BCUT2D eigenvalue weighted by molar-refractivity contribution is 6.14. The van der Waals surface area contributed by atoms with Crippen molar-refractivity contribution in [3.05, 3.63) is 105 Å². The molecule has 0 fully saturated rings. The Kier molecular flexibility index (Phi) is 5.83. The molecular weight excluding hydrogens is 368 g/mol. The number of nitro benzene ring substituents is 1. The number of nitro groups is 1. The molecule has 0 unspecified atom stereocenters. The lowest BCUT2D eigenvalue weighted by atomic mass is 10.0. The Labute approximate surface area is 168 Å². The van der Waals surface area contributed by atoms with Crippen molar-refractivity contribution in [2.24, 2.45) is 0 Å². The molecule has 0 aliphatic carbocycles. The van der Waals surface area contributed by atoms with Gasteiger partial charge in [0.25, 0.3) is 5.69 Å². The fourth-order valence-electron chi connectivity index (χ4n) is 2.98. The molecule has 3 rings (SSSR count). The number of hydrogen-bond donors (Lipinski definition) is 1. The molecule has 29 heavy (non-hydrogen) atoms. The van der Waals surface area contributed by atoms with Gasteiger partial charge in [-0.15, -0.1) is 0 Å². The molecule has 6 nitrogen and oxygen atoms in total. The highest BCUT2D eigenvalue weighted by Crippen LogP contribution is 2.25. The van der Waals surface area contributed by atoms with E-state index < -0.39 is 10.7 Å². The smallest absolute Gasteiger partial charge is 0.270 e. The number of nitrogens with zero attached hydrogens (tertiary/aromatic N) is 1. The molecule has 0 spiro atoms. The van der Waals surface area contributed by atoms with Crippen LogP contribution in [-0.4, -0.2) is 16.6 Å². The van der Waals surface area contributed by atoms with Gasteiger partial charge in [-0.05, 0) is 36.6 Å². The van der Waals surface area contributed by atoms with E-state index >= 15 is 0 Å². The van der Waals surface area contributed by atoms with Crippen molar-refractivity contribution in [3.8, 4) is 0 Å². The molecule has 6 heteroatoms. The summed E-state index contributed by atoms with van der Waals surface area (Å²) >= 11 is 0. The zero-order valence-electron chi connectivity index (χ0n) is 16.1. The quantitative estimate of drug-likeness (QED) is 0.379. The van der Waals surface area contributed by atoms with Crippen molar-refractivity contribution in [1.29, 1.82) is 0 Å². The van der Waals surface area contributed by atoms with Crippen LogP contribution in [0.25, 0.3) is 0 Å². The third-order valence-electron chi connectivity index (χ3n) is 4.70. The maximum absolute atomic E-state index is 12.9. The summed E-state index contributed by atoms with van der Waals surface area (Å²) in [6, 6.07) is 18.1. The highest BCUT2D eigenvalue weighted by atomic mass is 16.6. The van der Waals surface area contributed by atoms with Gasteiger partial charge in [0.15, 0.2) is 5.78 Å². The van der Waals surface area contributed by atoms with Gasteiger partial charge in [-0.1, -0.05) is 48.5 Å². The molecule has 0 bridgehead atoms. The van der Waals surface area contributed by atoms with Gasteiger partial charge in [0.05, 0.1) is 22.6 Å². The first-order valence-electron chi connectivity index (χ1n) is 9.09. The van der Waals surface area contributed by atoms with Crippen LogP contribution in [0.1, 0.15) is 32.6 Å². The lowest BCUT2D eigenvalue weighted by Gasteiger charge is -2.11. The van der Waals surface area contributed by atoms with Gasteiger partial charge in [0.1, 0.15) is 0 Å². The molecule has 0 saturated heterocycles. The fraction of sp³-hybridized carbons (Fsp3) is 0.130. The summed E-state index contributed by atoms with van der Waals surface area (Å²) in [5.41, 5.74) is 3.58.